The first-order valence-corrected chi connectivity index (χ1v) is 5.17. The molecule has 0 amide bonds. The lowest BCUT2D eigenvalue weighted by atomic mass is 10.0. The molecule has 1 saturated heterocycles. The highest BCUT2D eigenvalue weighted by atomic mass is 31.1. The van der Waals surface area contributed by atoms with Crippen LogP contribution in [-0.4, -0.2) is 23.7 Å². The zero-order chi connectivity index (χ0) is 9.14. The smallest absolute Gasteiger partial charge is 0.372 e. The topological polar surface area (TPSA) is 55.8 Å². The normalized spacial score (nSPS) is 36.9. The molecule has 70 valence electrons. The van der Waals surface area contributed by atoms with E-state index in [2.05, 4.69) is 11.4 Å². The molecule has 12 heavy (non-hydrogen) atoms. The van der Waals surface area contributed by atoms with Crippen molar-refractivity contribution in [3.63, 3.8) is 0 Å². The van der Waals surface area contributed by atoms with Crippen LogP contribution in [0.1, 0.15) is 20.3 Å². The van der Waals surface area contributed by atoms with E-state index in [1.165, 1.54) is 0 Å². The minimum absolute atomic E-state index is 0.0129. The molecule has 0 aromatic rings. The molecule has 0 saturated carbocycles. The van der Waals surface area contributed by atoms with Crippen LogP contribution in [0.3, 0.4) is 0 Å². The first kappa shape index (κ1) is 10.1. The van der Waals surface area contributed by atoms with Gasteiger partial charge in [0.2, 0.25) is 0 Å². The van der Waals surface area contributed by atoms with Crippen molar-refractivity contribution in [2.45, 2.75) is 32.5 Å². The van der Waals surface area contributed by atoms with E-state index < -0.39 is 8.25 Å². The standard InChI is InChI=1S/C7H13O4P/c1-5-3-7(11-6(5)2)4-10-12(8)9/h5-7H,3-4H2,1-2H3/p+1/t5-,6?,7?/m0/s1. The first-order chi connectivity index (χ1) is 5.59. The summed E-state index contributed by atoms with van der Waals surface area (Å²) in [5.74, 6) is 0.509. The summed E-state index contributed by atoms with van der Waals surface area (Å²) >= 11 is 0. The predicted molar refractivity (Wildman–Crippen MR) is 43.9 cm³/mol. The third-order valence-electron chi connectivity index (χ3n) is 2.21. The minimum atomic E-state index is -2.48. The molecule has 0 aliphatic carbocycles. The van der Waals surface area contributed by atoms with E-state index in [-0.39, 0.29) is 18.8 Å². The maximum absolute atomic E-state index is 10.2. The summed E-state index contributed by atoms with van der Waals surface area (Å²) in [4.78, 5) is 8.38. The van der Waals surface area contributed by atoms with Crippen LogP contribution in [0.25, 0.3) is 0 Å². The highest BCUT2D eigenvalue weighted by Crippen LogP contribution is 2.27. The lowest BCUT2D eigenvalue weighted by Gasteiger charge is -2.06. The predicted octanol–water partition coefficient (Wildman–Crippen LogP) is 1.47. The molecule has 1 heterocycles. The summed E-state index contributed by atoms with van der Waals surface area (Å²) in [7, 11) is -2.48. The van der Waals surface area contributed by atoms with E-state index in [1.54, 1.807) is 0 Å². The molecular weight excluding hydrogens is 179 g/mol. The van der Waals surface area contributed by atoms with Crippen LogP contribution in [0.15, 0.2) is 0 Å². The van der Waals surface area contributed by atoms with Crippen LogP contribution in [0.2, 0.25) is 0 Å². The minimum Gasteiger partial charge on any atom is -0.372 e. The summed E-state index contributed by atoms with van der Waals surface area (Å²) in [6, 6.07) is 0. The van der Waals surface area contributed by atoms with Gasteiger partial charge in [-0.1, -0.05) is 6.92 Å². The van der Waals surface area contributed by atoms with Gasteiger partial charge in [-0.05, 0) is 19.3 Å². The van der Waals surface area contributed by atoms with Gasteiger partial charge >= 0.3 is 8.25 Å². The van der Waals surface area contributed by atoms with E-state index in [9.17, 15) is 4.57 Å². The lowest BCUT2D eigenvalue weighted by molar-refractivity contribution is 0.0204. The maximum atomic E-state index is 10.2. The second-order valence-corrected chi connectivity index (χ2v) is 3.94. The number of hydrogen-bond donors (Lipinski definition) is 1. The van der Waals surface area contributed by atoms with E-state index in [4.69, 9.17) is 9.63 Å². The Bertz CT molecular complexity index is 163. The second kappa shape index (κ2) is 4.28. The van der Waals surface area contributed by atoms with Gasteiger partial charge in [0.05, 0.1) is 12.2 Å². The summed E-state index contributed by atoms with van der Waals surface area (Å²) in [5, 5.41) is 0. The van der Waals surface area contributed by atoms with Gasteiger partial charge in [0.25, 0.3) is 0 Å². The van der Waals surface area contributed by atoms with Crippen molar-refractivity contribution in [1.29, 1.82) is 0 Å². The maximum Gasteiger partial charge on any atom is 0.694 e. The lowest BCUT2D eigenvalue weighted by Crippen LogP contribution is -2.13. The quantitative estimate of drug-likeness (QED) is 0.689. The van der Waals surface area contributed by atoms with E-state index in [0.717, 1.165) is 6.42 Å². The van der Waals surface area contributed by atoms with Crippen molar-refractivity contribution < 1.29 is 18.7 Å². The first-order valence-electron chi connectivity index (χ1n) is 4.04. The molecule has 0 radical (unpaired) electrons. The van der Waals surface area contributed by atoms with Gasteiger partial charge in [-0.15, -0.1) is 9.42 Å². The molecule has 4 atom stereocenters. The molecule has 5 heteroatoms. The zero-order valence-electron chi connectivity index (χ0n) is 7.27. The zero-order valence-corrected chi connectivity index (χ0v) is 8.16. The average molecular weight is 193 g/mol. The molecule has 1 aliphatic rings. The molecule has 1 N–H and O–H groups in total. The Labute approximate surface area is 72.8 Å². The fraction of sp³-hybridized carbons (Fsp3) is 1.00. The Kier molecular flexibility index (Phi) is 3.59. The van der Waals surface area contributed by atoms with Gasteiger partial charge in [-0.25, -0.2) is 0 Å². The van der Waals surface area contributed by atoms with Crippen LogP contribution in [0.4, 0.5) is 0 Å². The monoisotopic (exact) mass is 193 g/mol. The Hall–Kier alpha value is -0.0200. The summed E-state index contributed by atoms with van der Waals surface area (Å²) in [5.41, 5.74) is 0. The van der Waals surface area contributed by atoms with Gasteiger partial charge in [-0.3, -0.25) is 0 Å². The van der Waals surface area contributed by atoms with Crippen LogP contribution in [-0.2, 0) is 13.8 Å². The van der Waals surface area contributed by atoms with Crippen LogP contribution < -0.4 is 0 Å². The largest absolute Gasteiger partial charge is 0.694 e. The van der Waals surface area contributed by atoms with Crippen molar-refractivity contribution in [1.82, 2.24) is 0 Å². The van der Waals surface area contributed by atoms with Gasteiger partial charge in [-0.2, -0.15) is 0 Å². The fourth-order valence-electron chi connectivity index (χ4n) is 1.35. The second-order valence-electron chi connectivity index (χ2n) is 3.21. The van der Waals surface area contributed by atoms with E-state index >= 15 is 0 Å². The Morgan fingerprint density at radius 1 is 1.67 bits per heavy atom. The molecule has 4 nitrogen and oxygen atoms in total. The molecule has 0 aromatic carbocycles. The molecule has 1 aliphatic heterocycles. The highest BCUT2D eigenvalue weighted by Gasteiger charge is 2.31. The Balaban J connectivity index is 2.23. The van der Waals surface area contributed by atoms with Crippen molar-refractivity contribution in [3.8, 4) is 0 Å². The molecule has 3 unspecified atom stereocenters. The molecule has 1 rings (SSSR count). The molecule has 0 bridgehead atoms. The third-order valence-corrected chi connectivity index (χ3v) is 2.58. The third kappa shape index (κ3) is 2.79. The molecule has 1 fully saturated rings. The van der Waals surface area contributed by atoms with Crippen LogP contribution in [0.5, 0.6) is 0 Å². The molecule has 0 spiro atoms. The Morgan fingerprint density at radius 2 is 2.33 bits per heavy atom. The summed E-state index contributed by atoms with van der Waals surface area (Å²) in [6.07, 6.45) is 1.13. The summed E-state index contributed by atoms with van der Waals surface area (Å²) in [6.45, 7) is 4.33. The van der Waals surface area contributed by atoms with Crippen LogP contribution in [0, 0.1) is 5.92 Å². The average Bonchev–Trinajstić information content (AvgIpc) is 2.28. The van der Waals surface area contributed by atoms with Gasteiger partial charge in [0.1, 0.15) is 6.61 Å². The van der Waals surface area contributed by atoms with Gasteiger partial charge < -0.3 is 4.74 Å². The number of ether oxygens (including phenoxy) is 1. The van der Waals surface area contributed by atoms with Crippen molar-refractivity contribution in [2.24, 2.45) is 5.92 Å². The van der Waals surface area contributed by atoms with E-state index in [0.29, 0.717) is 5.92 Å². The van der Waals surface area contributed by atoms with Gasteiger partial charge in [0.15, 0.2) is 0 Å². The van der Waals surface area contributed by atoms with Crippen molar-refractivity contribution in [2.75, 3.05) is 6.61 Å². The van der Waals surface area contributed by atoms with Gasteiger partial charge in [0, 0.05) is 4.57 Å². The van der Waals surface area contributed by atoms with E-state index in [1.807, 2.05) is 6.92 Å². The van der Waals surface area contributed by atoms with Crippen molar-refractivity contribution >= 4 is 8.25 Å². The summed E-state index contributed by atoms with van der Waals surface area (Å²) < 4.78 is 20.2. The highest BCUT2D eigenvalue weighted by molar-refractivity contribution is 7.32. The molecule has 0 aromatic heterocycles. The number of hydrogen-bond acceptors (Lipinski definition) is 3. The van der Waals surface area contributed by atoms with Crippen LogP contribution >= 0.6 is 8.25 Å². The SMILES string of the molecule is CC1OC(CO[P+](=O)O)C[C@@H]1C. The fourth-order valence-corrected chi connectivity index (χ4v) is 1.65. The molecular formula is C7H14O4P+. The Morgan fingerprint density at radius 3 is 2.75 bits per heavy atom. The van der Waals surface area contributed by atoms with Crippen molar-refractivity contribution in [3.05, 3.63) is 0 Å². The number of rotatable bonds is 3.